The fraction of sp³-hybridized carbons (Fsp3) is 0.200. The summed E-state index contributed by atoms with van der Waals surface area (Å²) in [6.45, 7) is 2.23. The van der Waals surface area contributed by atoms with Crippen molar-refractivity contribution in [2.45, 2.75) is 13.3 Å². The minimum atomic E-state index is 1.00. The minimum absolute atomic E-state index is 1.00. The Bertz CT molecular complexity index is 384. The summed E-state index contributed by atoms with van der Waals surface area (Å²) in [6, 6.07) is 20.8. The first-order chi connectivity index (χ1) is 8.33. The molecule has 2 aromatic rings. The molecule has 17 heavy (non-hydrogen) atoms. The maximum atomic E-state index is 2.63. The van der Waals surface area contributed by atoms with Gasteiger partial charge in [0.1, 0.15) is 0 Å². The van der Waals surface area contributed by atoms with Gasteiger partial charge in [-0.2, -0.15) is 0 Å². The van der Waals surface area contributed by atoms with E-state index in [0.717, 1.165) is 8.58 Å². The van der Waals surface area contributed by atoms with Crippen LogP contribution >= 0.6 is 17.8 Å². The molecule has 2 unspecified atom stereocenters. The lowest BCUT2D eigenvalue weighted by molar-refractivity contribution is 1.10. The van der Waals surface area contributed by atoms with Crippen LogP contribution in [0, 0.1) is 0 Å². The van der Waals surface area contributed by atoms with E-state index in [0.29, 0.717) is 0 Å². The highest BCUT2D eigenvalue weighted by Crippen LogP contribution is 2.09. The van der Waals surface area contributed by atoms with Crippen molar-refractivity contribution in [1.82, 2.24) is 0 Å². The Balaban J connectivity index is 0.000000181. The highest BCUT2D eigenvalue weighted by atomic mass is 31.1. The van der Waals surface area contributed by atoms with Gasteiger partial charge < -0.3 is 0 Å². The van der Waals surface area contributed by atoms with Crippen LogP contribution in [0.2, 0.25) is 0 Å². The van der Waals surface area contributed by atoms with Crippen LogP contribution in [0.5, 0.6) is 0 Å². The van der Waals surface area contributed by atoms with E-state index in [1.807, 2.05) is 30.3 Å². The van der Waals surface area contributed by atoms with Gasteiger partial charge in [0, 0.05) is 0 Å². The molecule has 2 rings (SSSR count). The second-order valence-electron chi connectivity index (χ2n) is 3.70. The van der Waals surface area contributed by atoms with Crippen molar-refractivity contribution in [3.8, 4) is 0 Å². The van der Waals surface area contributed by atoms with Gasteiger partial charge in [-0.15, -0.1) is 9.24 Å². The summed E-state index contributed by atoms with van der Waals surface area (Å²) in [5, 5.41) is 2.73. The molecule has 0 radical (unpaired) electrons. The van der Waals surface area contributed by atoms with Crippen molar-refractivity contribution in [1.29, 1.82) is 0 Å². The van der Waals surface area contributed by atoms with Crippen molar-refractivity contribution in [2.24, 2.45) is 0 Å². The lowest BCUT2D eigenvalue weighted by Gasteiger charge is -1.96. The summed E-state index contributed by atoms with van der Waals surface area (Å²) in [5.74, 6) is 0. The molecular weight excluding hydrogens is 242 g/mol. The van der Waals surface area contributed by atoms with Crippen molar-refractivity contribution in [3.05, 3.63) is 60.7 Å². The third-order valence-electron chi connectivity index (χ3n) is 2.15. The Labute approximate surface area is 109 Å². The molecule has 0 heterocycles. The zero-order valence-corrected chi connectivity index (χ0v) is 12.4. The molecule has 0 aliphatic carbocycles. The van der Waals surface area contributed by atoms with Crippen LogP contribution in [0.25, 0.3) is 0 Å². The molecule has 0 amide bonds. The van der Waals surface area contributed by atoms with Crippen LogP contribution in [0.1, 0.15) is 13.3 Å². The van der Waals surface area contributed by atoms with Crippen LogP contribution < -0.4 is 10.6 Å². The summed E-state index contributed by atoms with van der Waals surface area (Å²) in [7, 11) is 3.63. The van der Waals surface area contributed by atoms with Crippen LogP contribution in [-0.2, 0) is 0 Å². The first-order valence-electron chi connectivity index (χ1n) is 5.92. The van der Waals surface area contributed by atoms with Crippen LogP contribution in [0.4, 0.5) is 0 Å². The lowest BCUT2D eigenvalue weighted by Crippen LogP contribution is -1.91. The van der Waals surface area contributed by atoms with Crippen LogP contribution in [0.3, 0.4) is 0 Å². The number of benzene rings is 2. The third kappa shape index (κ3) is 7.27. The standard InChI is InChI=1S/C9H13P.C6H7P/c1-2-8-10-9-6-4-3-5-7-9;7-6-4-2-1-3-5-6/h3-7,10H,2,8H2,1H3;1-5H,7H2. The SMILES string of the molecule is CCCPc1ccccc1.Pc1ccccc1. The predicted molar refractivity (Wildman–Crippen MR) is 85.3 cm³/mol. The third-order valence-corrected chi connectivity index (χ3v) is 4.03. The van der Waals surface area contributed by atoms with Gasteiger partial charge in [0.05, 0.1) is 0 Å². The van der Waals surface area contributed by atoms with Crippen molar-refractivity contribution >= 4 is 28.4 Å². The van der Waals surface area contributed by atoms with Gasteiger partial charge in [0.15, 0.2) is 0 Å². The number of hydrogen-bond acceptors (Lipinski definition) is 0. The van der Waals surface area contributed by atoms with E-state index in [4.69, 9.17) is 0 Å². The molecule has 0 aliphatic heterocycles. The molecule has 0 N–H and O–H groups in total. The highest BCUT2D eigenvalue weighted by molar-refractivity contribution is 7.47. The molecule has 2 aromatic carbocycles. The summed E-state index contributed by atoms with van der Waals surface area (Å²) < 4.78 is 0. The molecule has 0 bridgehead atoms. The van der Waals surface area contributed by atoms with Crippen molar-refractivity contribution in [3.63, 3.8) is 0 Å². The van der Waals surface area contributed by atoms with Crippen molar-refractivity contribution in [2.75, 3.05) is 6.16 Å². The van der Waals surface area contributed by atoms with Gasteiger partial charge in [-0.25, -0.2) is 0 Å². The number of rotatable bonds is 3. The highest BCUT2D eigenvalue weighted by Gasteiger charge is 1.86. The van der Waals surface area contributed by atoms with Crippen molar-refractivity contribution < 1.29 is 0 Å². The summed E-state index contributed by atoms with van der Waals surface area (Å²) >= 11 is 0. The van der Waals surface area contributed by atoms with E-state index >= 15 is 0 Å². The average Bonchev–Trinajstić information content (AvgIpc) is 2.39. The monoisotopic (exact) mass is 262 g/mol. The Morgan fingerprint density at radius 3 is 1.82 bits per heavy atom. The van der Waals surface area contributed by atoms with Crippen LogP contribution in [0.15, 0.2) is 60.7 Å². The van der Waals surface area contributed by atoms with Gasteiger partial charge in [0.2, 0.25) is 0 Å². The first kappa shape index (κ1) is 14.4. The zero-order valence-electron chi connectivity index (χ0n) is 10.3. The molecule has 0 aliphatic rings. The second kappa shape index (κ2) is 9.34. The van der Waals surface area contributed by atoms with Crippen LogP contribution in [-0.4, -0.2) is 6.16 Å². The predicted octanol–water partition coefficient (Wildman–Crippen LogP) is 3.59. The molecule has 0 aromatic heterocycles. The maximum Gasteiger partial charge on any atom is -0.0271 e. The van der Waals surface area contributed by atoms with Gasteiger partial charge in [0.25, 0.3) is 0 Å². The lowest BCUT2D eigenvalue weighted by atomic mass is 10.4. The van der Waals surface area contributed by atoms with E-state index in [1.54, 1.807) is 0 Å². The Morgan fingerprint density at radius 1 is 0.882 bits per heavy atom. The topological polar surface area (TPSA) is 0 Å². The molecular formula is C15H20P2. The molecule has 0 saturated carbocycles. The largest absolute Gasteiger partial charge is 0.106 e. The molecule has 0 nitrogen and oxygen atoms in total. The fourth-order valence-electron chi connectivity index (χ4n) is 1.28. The molecule has 0 saturated heterocycles. The van der Waals surface area contributed by atoms with E-state index in [1.165, 1.54) is 23.2 Å². The zero-order chi connectivity index (χ0) is 12.3. The van der Waals surface area contributed by atoms with Gasteiger partial charge in [-0.3, -0.25) is 0 Å². The maximum absolute atomic E-state index is 2.63. The first-order valence-corrected chi connectivity index (χ1v) is 7.71. The smallest absolute Gasteiger partial charge is 0.0271 e. The van der Waals surface area contributed by atoms with E-state index in [-0.39, 0.29) is 0 Å². The second-order valence-corrected chi connectivity index (χ2v) is 5.80. The Hall–Kier alpha value is -0.700. The summed E-state index contributed by atoms with van der Waals surface area (Å²) in [5.41, 5.74) is 0. The molecule has 0 fully saturated rings. The average molecular weight is 262 g/mol. The van der Waals surface area contributed by atoms with E-state index < -0.39 is 0 Å². The summed E-state index contributed by atoms with van der Waals surface area (Å²) in [6.07, 6.45) is 2.64. The normalized spacial score (nSPS) is 10.0. The Morgan fingerprint density at radius 2 is 1.41 bits per heavy atom. The molecule has 2 atom stereocenters. The molecule has 0 spiro atoms. The fourth-order valence-corrected chi connectivity index (χ4v) is 2.47. The minimum Gasteiger partial charge on any atom is -0.106 e. The van der Waals surface area contributed by atoms with Gasteiger partial charge in [-0.05, 0) is 16.8 Å². The Kier molecular flexibility index (Phi) is 7.89. The summed E-state index contributed by atoms with van der Waals surface area (Å²) in [4.78, 5) is 0. The van der Waals surface area contributed by atoms with E-state index in [9.17, 15) is 0 Å². The molecule has 90 valence electrons. The van der Waals surface area contributed by atoms with Gasteiger partial charge in [-0.1, -0.05) is 82.6 Å². The molecule has 2 heteroatoms. The number of hydrogen-bond donors (Lipinski definition) is 0. The van der Waals surface area contributed by atoms with E-state index in [2.05, 4.69) is 46.5 Å². The van der Waals surface area contributed by atoms with Gasteiger partial charge >= 0.3 is 0 Å². The quantitative estimate of drug-likeness (QED) is 0.742.